The number of pyridine rings is 1. The lowest BCUT2D eigenvalue weighted by Gasteiger charge is -2.36. The van der Waals surface area contributed by atoms with E-state index >= 15 is 0 Å². The first-order valence-corrected chi connectivity index (χ1v) is 13.7. The molecule has 10 heteroatoms. The van der Waals surface area contributed by atoms with E-state index in [1.165, 1.54) is 15.6 Å². The molecule has 4 heterocycles. The van der Waals surface area contributed by atoms with Crippen LogP contribution in [0.3, 0.4) is 0 Å². The van der Waals surface area contributed by atoms with E-state index in [2.05, 4.69) is 29.0 Å². The Labute approximate surface area is 200 Å². The summed E-state index contributed by atoms with van der Waals surface area (Å²) in [6.07, 6.45) is 3.48. The molecule has 0 radical (unpaired) electrons. The summed E-state index contributed by atoms with van der Waals surface area (Å²) in [5.41, 5.74) is 0.913. The summed E-state index contributed by atoms with van der Waals surface area (Å²) in [6.45, 7) is 8.66. The minimum atomic E-state index is -3.55. The molecule has 3 atom stereocenters. The summed E-state index contributed by atoms with van der Waals surface area (Å²) in [6, 6.07) is 7.41. The molecule has 2 aromatic rings. The smallest absolute Gasteiger partial charge is 0.252 e. The first-order chi connectivity index (χ1) is 15.7. The van der Waals surface area contributed by atoms with Gasteiger partial charge in [0.05, 0.1) is 18.1 Å². The van der Waals surface area contributed by atoms with Crippen molar-refractivity contribution in [1.82, 2.24) is 14.6 Å². The molecule has 2 aromatic heterocycles. The largest absolute Gasteiger partial charge is 0.372 e. The molecule has 0 aromatic carbocycles. The molecule has 180 valence electrons. The van der Waals surface area contributed by atoms with E-state index in [4.69, 9.17) is 4.74 Å². The number of morpholine rings is 1. The standard InChI is InChI=1S/C23H32N4O4S2/c1-16-13-26(14-17(2)31-16)21-8-7-19(11-24-21)12-25-23(28)20-5-4-10-27(15-20)33(29,30)22-9-6-18(3)32-22/h6-9,11,16-17,20H,4-5,10,12-15H2,1-3H3,(H,25,28). The summed E-state index contributed by atoms with van der Waals surface area (Å²) in [4.78, 5) is 20.5. The van der Waals surface area contributed by atoms with Crippen molar-refractivity contribution in [1.29, 1.82) is 0 Å². The number of thiophene rings is 1. The Morgan fingerprint density at radius 3 is 2.58 bits per heavy atom. The number of aromatic nitrogens is 1. The lowest BCUT2D eigenvalue weighted by molar-refractivity contribution is -0.126. The third-order valence-corrected chi connectivity index (χ3v) is 9.42. The number of nitrogens with one attached hydrogen (secondary N) is 1. The summed E-state index contributed by atoms with van der Waals surface area (Å²) in [5.74, 6) is 0.444. The van der Waals surface area contributed by atoms with Crippen LogP contribution in [0.1, 0.15) is 37.1 Å². The molecular formula is C23H32N4O4S2. The van der Waals surface area contributed by atoms with Crippen molar-refractivity contribution >= 4 is 33.1 Å². The van der Waals surface area contributed by atoms with Crippen LogP contribution in [0.2, 0.25) is 0 Å². The highest BCUT2D eigenvalue weighted by Gasteiger charge is 2.34. The SMILES string of the molecule is Cc1ccc(S(=O)(=O)N2CCCC(C(=O)NCc3ccc(N4CC(C)OC(C)C4)nc3)C2)s1. The van der Waals surface area contributed by atoms with E-state index in [9.17, 15) is 13.2 Å². The number of hydrogen-bond acceptors (Lipinski definition) is 7. The minimum absolute atomic E-state index is 0.114. The van der Waals surface area contributed by atoms with E-state index in [1.54, 1.807) is 12.3 Å². The first kappa shape index (κ1) is 24.1. The van der Waals surface area contributed by atoms with Gasteiger partial charge in [0.2, 0.25) is 5.91 Å². The Kier molecular flexibility index (Phi) is 7.37. The van der Waals surface area contributed by atoms with Gasteiger partial charge in [0.15, 0.2) is 0 Å². The lowest BCUT2D eigenvalue weighted by Crippen LogP contribution is -2.45. The van der Waals surface area contributed by atoms with E-state index in [0.717, 1.165) is 29.3 Å². The van der Waals surface area contributed by atoms with E-state index < -0.39 is 10.0 Å². The Morgan fingerprint density at radius 1 is 1.18 bits per heavy atom. The zero-order chi connectivity index (χ0) is 23.6. The summed E-state index contributed by atoms with van der Waals surface area (Å²) in [7, 11) is -3.55. The van der Waals surface area contributed by atoms with Gasteiger partial charge in [0.25, 0.3) is 10.0 Å². The van der Waals surface area contributed by atoms with Crippen LogP contribution in [0.15, 0.2) is 34.7 Å². The van der Waals surface area contributed by atoms with E-state index in [1.807, 2.05) is 25.1 Å². The number of rotatable bonds is 6. The van der Waals surface area contributed by atoms with Crippen LogP contribution >= 0.6 is 11.3 Å². The average Bonchev–Trinajstić information content (AvgIpc) is 3.24. The highest BCUT2D eigenvalue weighted by Crippen LogP contribution is 2.28. The third-order valence-electron chi connectivity index (χ3n) is 6.08. The molecule has 4 rings (SSSR count). The lowest BCUT2D eigenvalue weighted by atomic mass is 9.99. The fourth-order valence-corrected chi connectivity index (χ4v) is 7.42. The van der Waals surface area contributed by atoms with Crippen LogP contribution in [0.4, 0.5) is 5.82 Å². The molecule has 33 heavy (non-hydrogen) atoms. The number of sulfonamides is 1. The minimum Gasteiger partial charge on any atom is -0.372 e. The highest BCUT2D eigenvalue weighted by molar-refractivity contribution is 7.91. The number of nitrogens with zero attached hydrogens (tertiary/aromatic N) is 3. The number of hydrogen-bond donors (Lipinski definition) is 1. The van der Waals surface area contributed by atoms with Crippen molar-refractivity contribution in [3.05, 3.63) is 40.9 Å². The summed E-state index contributed by atoms with van der Waals surface area (Å²) in [5, 5.41) is 2.97. The molecule has 2 saturated heterocycles. The molecular weight excluding hydrogens is 460 g/mol. The van der Waals surface area contributed by atoms with Gasteiger partial charge in [-0.15, -0.1) is 11.3 Å². The topological polar surface area (TPSA) is 91.8 Å². The second kappa shape index (κ2) is 10.1. The molecule has 2 aliphatic heterocycles. The highest BCUT2D eigenvalue weighted by atomic mass is 32.2. The van der Waals surface area contributed by atoms with Gasteiger partial charge < -0.3 is 15.0 Å². The number of carbonyl (C=O) groups excluding carboxylic acids is 1. The van der Waals surface area contributed by atoms with Crippen LogP contribution in [0.25, 0.3) is 0 Å². The molecule has 3 unspecified atom stereocenters. The number of piperidine rings is 1. The Morgan fingerprint density at radius 2 is 1.94 bits per heavy atom. The molecule has 1 N–H and O–H groups in total. The van der Waals surface area contributed by atoms with Crippen molar-refractivity contribution in [2.75, 3.05) is 31.1 Å². The van der Waals surface area contributed by atoms with E-state index in [0.29, 0.717) is 30.1 Å². The molecule has 0 aliphatic carbocycles. The molecule has 0 spiro atoms. The summed E-state index contributed by atoms with van der Waals surface area (Å²) < 4.78 is 33.4. The van der Waals surface area contributed by atoms with Crippen molar-refractivity contribution in [3.63, 3.8) is 0 Å². The maximum atomic E-state index is 12.9. The maximum absolute atomic E-state index is 12.9. The van der Waals surface area contributed by atoms with Crippen LogP contribution in [-0.4, -0.2) is 62.0 Å². The quantitative estimate of drug-likeness (QED) is 0.667. The van der Waals surface area contributed by atoms with Crippen molar-refractivity contribution in [3.8, 4) is 0 Å². The molecule has 0 bridgehead atoms. The van der Waals surface area contributed by atoms with Crippen LogP contribution < -0.4 is 10.2 Å². The summed E-state index contributed by atoms with van der Waals surface area (Å²) >= 11 is 1.27. The van der Waals surface area contributed by atoms with Crippen molar-refractivity contribution in [2.24, 2.45) is 5.92 Å². The number of carbonyl (C=O) groups is 1. The zero-order valence-corrected chi connectivity index (χ0v) is 21.0. The number of aryl methyl sites for hydroxylation is 1. The van der Waals surface area contributed by atoms with Crippen molar-refractivity contribution < 1.29 is 17.9 Å². The van der Waals surface area contributed by atoms with E-state index in [-0.39, 0.29) is 30.6 Å². The van der Waals surface area contributed by atoms with Crippen LogP contribution in [-0.2, 0) is 26.1 Å². The van der Waals surface area contributed by atoms with Gasteiger partial charge in [-0.25, -0.2) is 13.4 Å². The van der Waals surface area contributed by atoms with Crippen molar-refractivity contribution in [2.45, 2.75) is 56.6 Å². The third kappa shape index (κ3) is 5.74. The fourth-order valence-electron chi connectivity index (χ4n) is 4.46. The first-order valence-electron chi connectivity index (χ1n) is 11.4. The predicted molar refractivity (Wildman–Crippen MR) is 129 cm³/mol. The van der Waals surface area contributed by atoms with Gasteiger partial charge in [-0.3, -0.25) is 4.79 Å². The second-order valence-corrected chi connectivity index (χ2v) is 12.4. The number of ether oxygens (including phenoxy) is 1. The van der Waals surface area contributed by atoms with Crippen LogP contribution in [0.5, 0.6) is 0 Å². The second-order valence-electron chi connectivity index (χ2n) is 8.97. The molecule has 8 nitrogen and oxygen atoms in total. The van der Waals surface area contributed by atoms with Gasteiger partial charge in [0.1, 0.15) is 10.0 Å². The Bertz CT molecular complexity index is 1060. The van der Waals surface area contributed by atoms with Gasteiger partial charge in [-0.2, -0.15) is 4.31 Å². The van der Waals surface area contributed by atoms with Gasteiger partial charge in [-0.05, 0) is 57.4 Å². The Hall–Kier alpha value is -2.01. The zero-order valence-electron chi connectivity index (χ0n) is 19.4. The fraction of sp³-hybridized carbons (Fsp3) is 0.565. The maximum Gasteiger partial charge on any atom is 0.252 e. The van der Waals surface area contributed by atoms with Crippen LogP contribution in [0, 0.1) is 12.8 Å². The van der Waals surface area contributed by atoms with Gasteiger partial charge in [0, 0.05) is 43.8 Å². The van der Waals surface area contributed by atoms with Gasteiger partial charge in [-0.1, -0.05) is 6.07 Å². The molecule has 1 amide bonds. The normalized spacial score (nSPS) is 24.6. The Balaban J connectivity index is 1.32. The number of anilines is 1. The molecule has 0 saturated carbocycles. The monoisotopic (exact) mass is 492 g/mol. The van der Waals surface area contributed by atoms with Gasteiger partial charge >= 0.3 is 0 Å². The predicted octanol–water partition coefficient (Wildman–Crippen LogP) is 2.78. The molecule has 2 aliphatic rings. The average molecular weight is 493 g/mol. The molecule has 2 fully saturated rings. The number of amides is 1.